The minimum absolute atomic E-state index is 0.0599. The molecule has 0 fully saturated rings. The van der Waals surface area contributed by atoms with Crippen LogP contribution in [0.15, 0.2) is 54.6 Å². The second-order valence-electron chi connectivity index (χ2n) is 4.60. The zero-order valence-corrected chi connectivity index (χ0v) is 11.9. The third-order valence-corrected chi connectivity index (χ3v) is 3.23. The minimum atomic E-state index is 0.0599. The SMILES string of the molecule is COc1ccc(CCN(C(C)=O)c2ccccc2)cc1. The van der Waals surface area contributed by atoms with Crippen molar-refractivity contribution >= 4 is 11.6 Å². The van der Waals surface area contributed by atoms with Gasteiger partial charge >= 0.3 is 0 Å². The number of ether oxygens (including phenoxy) is 1. The summed E-state index contributed by atoms with van der Waals surface area (Å²) in [6.45, 7) is 2.27. The Hall–Kier alpha value is -2.29. The molecule has 0 bridgehead atoms. The average Bonchev–Trinajstić information content (AvgIpc) is 2.49. The standard InChI is InChI=1S/C17H19NO2/c1-14(19)18(16-6-4-3-5-7-16)13-12-15-8-10-17(20-2)11-9-15/h3-11H,12-13H2,1-2H3. The highest BCUT2D eigenvalue weighted by molar-refractivity contribution is 5.91. The highest BCUT2D eigenvalue weighted by Crippen LogP contribution is 2.16. The van der Waals surface area contributed by atoms with Crippen LogP contribution in [0.3, 0.4) is 0 Å². The van der Waals surface area contributed by atoms with Crippen LogP contribution < -0.4 is 9.64 Å². The van der Waals surface area contributed by atoms with Gasteiger partial charge in [-0.15, -0.1) is 0 Å². The van der Waals surface area contributed by atoms with Gasteiger partial charge < -0.3 is 9.64 Å². The van der Waals surface area contributed by atoms with E-state index in [1.165, 1.54) is 5.56 Å². The van der Waals surface area contributed by atoms with E-state index in [1.807, 2.05) is 54.6 Å². The highest BCUT2D eigenvalue weighted by Gasteiger charge is 2.10. The molecule has 1 amide bonds. The van der Waals surface area contributed by atoms with E-state index in [0.29, 0.717) is 6.54 Å². The first-order valence-corrected chi connectivity index (χ1v) is 6.67. The van der Waals surface area contributed by atoms with Crippen molar-refractivity contribution in [3.63, 3.8) is 0 Å². The smallest absolute Gasteiger partial charge is 0.223 e. The molecule has 0 aliphatic carbocycles. The second-order valence-corrected chi connectivity index (χ2v) is 4.60. The van der Waals surface area contributed by atoms with E-state index in [9.17, 15) is 4.79 Å². The Morgan fingerprint density at radius 3 is 2.25 bits per heavy atom. The molecule has 0 spiro atoms. The number of para-hydroxylation sites is 1. The first kappa shape index (κ1) is 14.1. The second kappa shape index (κ2) is 6.75. The number of carbonyl (C=O) groups is 1. The number of anilines is 1. The molecule has 3 heteroatoms. The van der Waals surface area contributed by atoms with Crippen LogP contribution in [0.1, 0.15) is 12.5 Å². The number of amides is 1. The summed E-state index contributed by atoms with van der Waals surface area (Å²) in [5.74, 6) is 0.907. The molecule has 2 aromatic rings. The summed E-state index contributed by atoms with van der Waals surface area (Å²) in [5, 5.41) is 0. The number of rotatable bonds is 5. The number of benzene rings is 2. The molecule has 0 saturated carbocycles. The Morgan fingerprint density at radius 1 is 1.05 bits per heavy atom. The predicted molar refractivity (Wildman–Crippen MR) is 81.2 cm³/mol. The van der Waals surface area contributed by atoms with Gasteiger partial charge in [0.05, 0.1) is 7.11 Å². The molecule has 20 heavy (non-hydrogen) atoms. The minimum Gasteiger partial charge on any atom is -0.497 e. The Labute approximate surface area is 119 Å². The van der Waals surface area contributed by atoms with Gasteiger partial charge in [0.15, 0.2) is 0 Å². The van der Waals surface area contributed by atoms with Crippen molar-refractivity contribution in [2.75, 3.05) is 18.6 Å². The monoisotopic (exact) mass is 269 g/mol. The summed E-state index contributed by atoms with van der Waals surface area (Å²) in [4.78, 5) is 13.6. The van der Waals surface area contributed by atoms with Crippen LogP contribution in [0.25, 0.3) is 0 Å². The topological polar surface area (TPSA) is 29.5 Å². The quantitative estimate of drug-likeness (QED) is 0.833. The number of hydrogen-bond donors (Lipinski definition) is 0. The molecule has 104 valence electrons. The molecule has 2 aromatic carbocycles. The van der Waals surface area contributed by atoms with E-state index < -0.39 is 0 Å². The lowest BCUT2D eigenvalue weighted by atomic mass is 10.1. The molecule has 2 rings (SSSR count). The average molecular weight is 269 g/mol. The molecule has 0 radical (unpaired) electrons. The Morgan fingerprint density at radius 2 is 1.70 bits per heavy atom. The Balaban J connectivity index is 2.04. The molecule has 0 saturated heterocycles. The fraction of sp³-hybridized carbons (Fsp3) is 0.235. The molecule has 0 aromatic heterocycles. The van der Waals surface area contributed by atoms with Crippen molar-refractivity contribution in [1.29, 1.82) is 0 Å². The molecule has 0 unspecified atom stereocenters. The highest BCUT2D eigenvalue weighted by atomic mass is 16.5. The van der Waals surface area contributed by atoms with Gasteiger partial charge in [0.2, 0.25) is 5.91 Å². The van der Waals surface area contributed by atoms with Crippen molar-refractivity contribution in [3.8, 4) is 5.75 Å². The maximum Gasteiger partial charge on any atom is 0.223 e. The first-order valence-electron chi connectivity index (χ1n) is 6.67. The fourth-order valence-electron chi connectivity index (χ4n) is 2.11. The summed E-state index contributed by atoms with van der Waals surface area (Å²) >= 11 is 0. The predicted octanol–water partition coefficient (Wildman–Crippen LogP) is 3.29. The fourth-order valence-corrected chi connectivity index (χ4v) is 2.11. The molecule has 0 aliphatic rings. The van der Waals surface area contributed by atoms with E-state index in [0.717, 1.165) is 17.9 Å². The van der Waals surface area contributed by atoms with Gasteiger partial charge in [-0.05, 0) is 36.2 Å². The van der Waals surface area contributed by atoms with Crippen LogP contribution in [-0.4, -0.2) is 19.6 Å². The lowest BCUT2D eigenvalue weighted by Crippen LogP contribution is -2.30. The number of carbonyl (C=O) groups excluding carboxylic acids is 1. The van der Waals surface area contributed by atoms with Crippen molar-refractivity contribution in [2.45, 2.75) is 13.3 Å². The maximum absolute atomic E-state index is 11.8. The lowest BCUT2D eigenvalue weighted by molar-refractivity contribution is -0.116. The van der Waals surface area contributed by atoms with Gasteiger partial charge in [0.25, 0.3) is 0 Å². The molecule has 0 heterocycles. The van der Waals surface area contributed by atoms with Crippen LogP contribution in [0, 0.1) is 0 Å². The normalized spacial score (nSPS) is 10.1. The van der Waals surface area contributed by atoms with Crippen molar-refractivity contribution in [3.05, 3.63) is 60.2 Å². The molecular weight excluding hydrogens is 250 g/mol. The van der Waals surface area contributed by atoms with Gasteiger partial charge in [-0.3, -0.25) is 4.79 Å². The number of hydrogen-bond acceptors (Lipinski definition) is 2. The first-order chi connectivity index (χ1) is 9.70. The van der Waals surface area contributed by atoms with Gasteiger partial charge in [-0.1, -0.05) is 30.3 Å². The van der Waals surface area contributed by atoms with E-state index >= 15 is 0 Å². The van der Waals surface area contributed by atoms with E-state index in [2.05, 4.69) is 0 Å². The van der Waals surface area contributed by atoms with Crippen LogP contribution in [0.2, 0.25) is 0 Å². The summed E-state index contributed by atoms with van der Waals surface area (Å²) in [5.41, 5.74) is 2.13. The van der Waals surface area contributed by atoms with Crippen molar-refractivity contribution < 1.29 is 9.53 Å². The molecule has 0 N–H and O–H groups in total. The number of methoxy groups -OCH3 is 1. The molecular formula is C17H19NO2. The van der Waals surface area contributed by atoms with Crippen LogP contribution in [-0.2, 0) is 11.2 Å². The lowest BCUT2D eigenvalue weighted by Gasteiger charge is -2.21. The summed E-state index contributed by atoms with van der Waals surface area (Å²) < 4.78 is 5.14. The Kier molecular flexibility index (Phi) is 4.77. The van der Waals surface area contributed by atoms with E-state index in [-0.39, 0.29) is 5.91 Å². The van der Waals surface area contributed by atoms with Crippen LogP contribution in [0.4, 0.5) is 5.69 Å². The zero-order chi connectivity index (χ0) is 14.4. The van der Waals surface area contributed by atoms with Crippen molar-refractivity contribution in [2.24, 2.45) is 0 Å². The van der Waals surface area contributed by atoms with Gasteiger partial charge in [-0.2, -0.15) is 0 Å². The largest absolute Gasteiger partial charge is 0.497 e. The molecule has 0 atom stereocenters. The summed E-state index contributed by atoms with van der Waals surface area (Å²) in [6, 6.07) is 17.7. The third kappa shape index (κ3) is 3.60. The van der Waals surface area contributed by atoms with Gasteiger partial charge in [-0.25, -0.2) is 0 Å². The summed E-state index contributed by atoms with van der Waals surface area (Å²) in [7, 11) is 1.65. The van der Waals surface area contributed by atoms with Gasteiger partial charge in [0, 0.05) is 19.2 Å². The van der Waals surface area contributed by atoms with E-state index in [4.69, 9.17) is 4.74 Å². The van der Waals surface area contributed by atoms with E-state index in [1.54, 1.807) is 18.9 Å². The maximum atomic E-state index is 11.8. The van der Waals surface area contributed by atoms with Crippen LogP contribution in [0.5, 0.6) is 5.75 Å². The van der Waals surface area contributed by atoms with Crippen LogP contribution >= 0.6 is 0 Å². The summed E-state index contributed by atoms with van der Waals surface area (Å²) in [6.07, 6.45) is 0.818. The van der Waals surface area contributed by atoms with Gasteiger partial charge in [0.1, 0.15) is 5.75 Å². The zero-order valence-electron chi connectivity index (χ0n) is 11.9. The van der Waals surface area contributed by atoms with Crippen molar-refractivity contribution in [1.82, 2.24) is 0 Å². The third-order valence-electron chi connectivity index (χ3n) is 3.23. The molecule has 3 nitrogen and oxygen atoms in total. The molecule has 0 aliphatic heterocycles. The number of nitrogens with zero attached hydrogens (tertiary/aromatic N) is 1. The Bertz CT molecular complexity index is 549.